The van der Waals surface area contributed by atoms with E-state index in [1.54, 1.807) is 6.92 Å². The van der Waals surface area contributed by atoms with Gasteiger partial charge in [0.2, 0.25) is 0 Å². The molecule has 1 aliphatic carbocycles. The molecule has 0 aromatic heterocycles. The fourth-order valence-corrected chi connectivity index (χ4v) is 1.30. The van der Waals surface area contributed by atoms with E-state index < -0.39 is 0 Å². The average Bonchev–Trinajstić information content (AvgIpc) is 2.99. The van der Waals surface area contributed by atoms with Crippen LogP contribution in [0.1, 0.15) is 30.1 Å². The van der Waals surface area contributed by atoms with Gasteiger partial charge in [-0.2, -0.15) is 0 Å². The lowest BCUT2D eigenvalue weighted by atomic mass is 10.1. The second kappa shape index (κ2) is 3.82. The van der Waals surface area contributed by atoms with Crippen LogP contribution in [-0.2, 0) is 0 Å². The van der Waals surface area contributed by atoms with Crippen molar-refractivity contribution >= 4 is 5.78 Å². The lowest BCUT2D eigenvalue weighted by molar-refractivity contribution is 0.101. The van der Waals surface area contributed by atoms with Crippen molar-refractivity contribution in [2.75, 3.05) is 6.61 Å². The highest BCUT2D eigenvalue weighted by molar-refractivity contribution is 5.94. The lowest BCUT2D eigenvalue weighted by Gasteiger charge is -2.05. The van der Waals surface area contributed by atoms with Crippen LogP contribution in [0.15, 0.2) is 24.3 Å². The minimum absolute atomic E-state index is 0.0851. The van der Waals surface area contributed by atoms with Crippen LogP contribution in [0.4, 0.5) is 0 Å². The molecule has 0 unspecified atom stereocenters. The van der Waals surface area contributed by atoms with Crippen molar-refractivity contribution in [1.29, 1.82) is 0 Å². The predicted molar refractivity (Wildman–Crippen MR) is 54.7 cm³/mol. The first-order valence-electron chi connectivity index (χ1n) is 4.99. The molecule has 2 rings (SSSR count). The van der Waals surface area contributed by atoms with Gasteiger partial charge in [0.15, 0.2) is 5.78 Å². The molecule has 74 valence electrons. The van der Waals surface area contributed by atoms with Crippen LogP contribution < -0.4 is 4.74 Å². The van der Waals surface area contributed by atoms with Gasteiger partial charge in [0.25, 0.3) is 0 Å². The minimum atomic E-state index is 0.0851. The van der Waals surface area contributed by atoms with Crippen molar-refractivity contribution in [3.8, 4) is 5.75 Å². The first kappa shape index (κ1) is 9.25. The van der Waals surface area contributed by atoms with E-state index in [1.165, 1.54) is 12.8 Å². The van der Waals surface area contributed by atoms with E-state index in [9.17, 15) is 4.79 Å². The average molecular weight is 190 g/mol. The highest BCUT2D eigenvalue weighted by Gasteiger charge is 2.21. The molecule has 0 amide bonds. The van der Waals surface area contributed by atoms with Crippen molar-refractivity contribution in [3.05, 3.63) is 29.8 Å². The van der Waals surface area contributed by atoms with Gasteiger partial charge in [0.05, 0.1) is 6.61 Å². The second-order valence-electron chi connectivity index (χ2n) is 3.84. The molecule has 0 saturated heterocycles. The molecule has 1 aliphatic rings. The van der Waals surface area contributed by atoms with E-state index in [2.05, 4.69) is 0 Å². The van der Waals surface area contributed by atoms with Gasteiger partial charge in [-0.1, -0.05) is 12.1 Å². The van der Waals surface area contributed by atoms with Gasteiger partial charge in [-0.15, -0.1) is 0 Å². The molecule has 1 fully saturated rings. The van der Waals surface area contributed by atoms with Crippen molar-refractivity contribution in [2.24, 2.45) is 5.92 Å². The van der Waals surface area contributed by atoms with Gasteiger partial charge >= 0.3 is 0 Å². The van der Waals surface area contributed by atoms with Crippen molar-refractivity contribution in [2.45, 2.75) is 19.8 Å². The zero-order valence-electron chi connectivity index (χ0n) is 8.32. The number of benzene rings is 1. The molecule has 0 N–H and O–H groups in total. The molecule has 0 heterocycles. The van der Waals surface area contributed by atoms with E-state index in [0.717, 1.165) is 23.8 Å². The monoisotopic (exact) mass is 190 g/mol. The number of ether oxygens (including phenoxy) is 1. The highest BCUT2D eigenvalue weighted by Crippen LogP contribution is 2.29. The molecule has 14 heavy (non-hydrogen) atoms. The Kier molecular flexibility index (Phi) is 2.53. The number of carbonyl (C=O) groups is 1. The maximum atomic E-state index is 11.1. The maximum absolute atomic E-state index is 11.1. The Balaban J connectivity index is 2.01. The van der Waals surface area contributed by atoms with Crippen LogP contribution in [0.25, 0.3) is 0 Å². The minimum Gasteiger partial charge on any atom is -0.493 e. The lowest BCUT2D eigenvalue weighted by Crippen LogP contribution is -2.00. The third-order valence-corrected chi connectivity index (χ3v) is 2.42. The fraction of sp³-hybridized carbons (Fsp3) is 0.417. The van der Waals surface area contributed by atoms with Gasteiger partial charge in [0.1, 0.15) is 5.75 Å². The van der Waals surface area contributed by atoms with Crippen LogP contribution >= 0.6 is 0 Å². The van der Waals surface area contributed by atoms with E-state index in [1.807, 2.05) is 24.3 Å². The van der Waals surface area contributed by atoms with E-state index >= 15 is 0 Å². The zero-order chi connectivity index (χ0) is 9.97. The highest BCUT2D eigenvalue weighted by atomic mass is 16.5. The third-order valence-electron chi connectivity index (χ3n) is 2.42. The van der Waals surface area contributed by atoms with Gasteiger partial charge in [-0.05, 0) is 37.8 Å². The molecule has 0 aliphatic heterocycles. The van der Waals surface area contributed by atoms with Gasteiger partial charge in [-0.25, -0.2) is 0 Å². The van der Waals surface area contributed by atoms with E-state index in [-0.39, 0.29) is 5.78 Å². The molecule has 2 heteroatoms. The Morgan fingerprint density at radius 3 is 2.93 bits per heavy atom. The van der Waals surface area contributed by atoms with Crippen molar-refractivity contribution in [1.82, 2.24) is 0 Å². The SMILES string of the molecule is CC(=O)c1cccc(OCC2CC2)c1. The van der Waals surface area contributed by atoms with Crippen molar-refractivity contribution in [3.63, 3.8) is 0 Å². The molecular formula is C12H14O2. The predicted octanol–water partition coefficient (Wildman–Crippen LogP) is 2.68. The Bertz CT molecular complexity index is 340. The molecular weight excluding hydrogens is 176 g/mol. The summed E-state index contributed by atoms with van der Waals surface area (Å²) in [5.74, 6) is 1.64. The summed E-state index contributed by atoms with van der Waals surface area (Å²) in [5, 5.41) is 0. The molecule has 1 aromatic rings. The topological polar surface area (TPSA) is 26.3 Å². The van der Waals surface area contributed by atoms with Gasteiger partial charge in [0, 0.05) is 5.56 Å². The Morgan fingerprint density at radius 2 is 2.29 bits per heavy atom. The van der Waals surface area contributed by atoms with Crippen LogP contribution in [0.2, 0.25) is 0 Å². The first-order valence-corrected chi connectivity index (χ1v) is 4.99. The first-order chi connectivity index (χ1) is 6.75. The molecule has 1 aromatic carbocycles. The third kappa shape index (κ3) is 2.34. The molecule has 0 bridgehead atoms. The summed E-state index contributed by atoms with van der Waals surface area (Å²) >= 11 is 0. The summed E-state index contributed by atoms with van der Waals surface area (Å²) in [4.78, 5) is 11.1. The van der Waals surface area contributed by atoms with E-state index in [4.69, 9.17) is 4.74 Å². The van der Waals surface area contributed by atoms with Crippen molar-refractivity contribution < 1.29 is 9.53 Å². The number of ketones is 1. The number of rotatable bonds is 4. The molecule has 0 radical (unpaired) electrons. The fourth-order valence-electron chi connectivity index (χ4n) is 1.30. The number of hydrogen-bond donors (Lipinski definition) is 0. The van der Waals surface area contributed by atoms with Gasteiger partial charge < -0.3 is 4.74 Å². The quantitative estimate of drug-likeness (QED) is 0.682. The van der Waals surface area contributed by atoms with Crippen LogP contribution in [-0.4, -0.2) is 12.4 Å². The molecule has 0 spiro atoms. The zero-order valence-corrected chi connectivity index (χ0v) is 8.32. The summed E-state index contributed by atoms with van der Waals surface area (Å²) in [5.41, 5.74) is 0.721. The summed E-state index contributed by atoms with van der Waals surface area (Å²) in [6, 6.07) is 7.38. The number of carbonyl (C=O) groups excluding carboxylic acids is 1. The summed E-state index contributed by atoms with van der Waals surface area (Å²) in [6.45, 7) is 2.36. The molecule has 0 atom stereocenters. The molecule has 1 saturated carbocycles. The molecule has 2 nitrogen and oxygen atoms in total. The number of Topliss-reactive ketones (excluding diaryl/α,β-unsaturated/α-hetero) is 1. The second-order valence-corrected chi connectivity index (χ2v) is 3.84. The Hall–Kier alpha value is -1.31. The standard InChI is InChI=1S/C12H14O2/c1-9(13)11-3-2-4-12(7-11)14-8-10-5-6-10/h2-4,7,10H,5-6,8H2,1H3. The Morgan fingerprint density at radius 1 is 1.50 bits per heavy atom. The summed E-state index contributed by atoms with van der Waals surface area (Å²) in [7, 11) is 0. The van der Waals surface area contributed by atoms with E-state index in [0.29, 0.717) is 0 Å². The largest absolute Gasteiger partial charge is 0.493 e. The smallest absolute Gasteiger partial charge is 0.159 e. The van der Waals surface area contributed by atoms with Crippen LogP contribution in [0, 0.1) is 5.92 Å². The maximum Gasteiger partial charge on any atom is 0.159 e. The Labute approximate surface area is 83.9 Å². The van der Waals surface area contributed by atoms with Crippen LogP contribution in [0.5, 0.6) is 5.75 Å². The summed E-state index contributed by atoms with van der Waals surface area (Å²) < 4.78 is 5.57. The summed E-state index contributed by atoms with van der Waals surface area (Å²) in [6.07, 6.45) is 2.57. The number of hydrogen-bond acceptors (Lipinski definition) is 2. The normalized spacial score (nSPS) is 15.2. The van der Waals surface area contributed by atoms with Crippen LogP contribution in [0.3, 0.4) is 0 Å². The van der Waals surface area contributed by atoms with Gasteiger partial charge in [-0.3, -0.25) is 4.79 Å².